The number of rotatable bonds is 1. The van der Waals surface area contributed by atoms with Gasteiger partial charge in [-0.3, -0.25) is 4.90 Å². The topological polar surface area (TPSA) is 66.8 Å². The highest BCUT2D eigenvalue weighted by atomic mass is 16.6. The van der Waals surface area contributed by atoms with Crippen LogP contribution in [0, 0.1) is 0 Å². The summed E-state index contributed by atoms with van der Waals surface area (Å²) in [6, 6.07) is -0.840. The second-order valence-corrected chi connectivity index (χ2v) is 5.52. The van der Waals surface area contributed by atoms with Gasteiger partial charge in [0.15, 0.2) is 0 Å². The van der Waals surface area contributed by atoms with E-state index in [1.54, 1.807) is 20.8 Å². The highest BCUT2D eigenvalue weighted by Crippen LogP contribution is 2.25. The van der Waals surface area contributed by atoms with Crippen LogP contribution in [0.3, 0.4) is 0 Å². The second-order valence-electron chi connectivity index (χ2n) is 5.52. The molecule has 0 aliphatic carbocycles. The first-order valence-electron chi connectivity index (χ1n) is 5.96. The Morgan fingerprint density at radius 2 is 1.88 bits per heavy atom. The van der Waals surface area contributed by atoms with Crippen LogP contribution in [0.15, 0.2) is 0 Å². The van der Waals surface area contributed by atoms with Crippen LogP contribution >= 0.6 is 0 Å². The minimum Gasteiger partial charge on any atom is -0.480 e. The Hall–Kier alpha value is -1.26. The molecule has 0 aromatic carbocycles. The highest BCUT2D eigenvalue weighted by Gasteiger charge is 2.38. The summed E-state index contributed by atoms with van der Waals surface area (Å²) in [7, 11) is 0. The number of carbonyl (C=O) groups is 2. The van der Waals surface area contributed by atoms with E-state index in [9.17, 15) is 9.59 Å². The molecule has 0 saturated carbocycles. The number of carbonyl (C=O) groups excluding carboxylic acids is 1. The van der Waals surface area contributed by atoms with E-state index in [4.69, 9.17) is 9.84 Å². The smallest absolute Gasteiger partial charge is 0.411 e. The maximum atomic E-state index is 12.0. The number of likely N-dealkylation sites (tertiary alicyclic amines) is 1. The van der Waals surface area contributed by atoms with Gasteiger partial charge in [0.1, 0.15) is 11.6 Å². The van der Waals surface area contributed by atoms with Gasteiger partial charge >= 0.3 is 12.1 Å². The molecule has 0 spiro atoms. The number of carboxylic acids is 1. The fourth-order valence-corrected chi connectivity index (χ4v) is 2.06. The Balaban J connectivity index is 2.82. The van der Waals surface area contributed by atoms with Gasteiger partial charge in [-0.15, -0.1) is 0 Å². The fraction of sp³-hybridized carbons (Fsp3) is 0.833. The maximum Gasteiger partial charge on any atom is 0.411 e. The minimum absolute atomic E-state index is 0.0836. The predicted molar refractivity (Wildman–Crippen MR) is 62.8 cm³/mol. The van der Waals surface area contributed by atoms with Crippen molar-refractivity contribution in [1.29, 1.82) is 0 Å². The van der Waals surface area contributed by atoms with Gasteiger partial charge in [0.2, 0.25) is 0 Å². The molecule has 0 bridgehead atoms. The van der Waals surface area contributed by atoms with E-state index in [-0.39, 0.29) is 6.04 Å². The lowest BCUT2D eigenvalue weighted by Gasteiger charge is -2.38. The zero-order valence-corrected chi connectivity index (χ0v) is 10.9. The monoisotopic (exact) mass is 243 g/mol. The number of amides is 1. The largest absolute Gasteiger partial charge is 0.480 e. The predicted octanol–water partition coefficient (Wildman–Crippen LogP) is 2.25. The molecule has 0 aromatic rings. The molecule has 1 rings (SSSR count). The van der Waals surface area contributed by atoms with Crippen molar-refractivity contribution >= 4 is 12.1 Å². The molecule has 1 aliphatic heterocycles. The van der Waals surface area contributed by atoms with E-state index in [0.29, 0.717) is 6.42 Å². The lowest BCUT2D eigenvalue weighted by atomic mass is 9.97. The lowest BCUT2D eigenvalue weighted by molar-refractivity contribution is -0.145. The van der Waals surface area contributed by atoms with Crippen molar-refractivity contribution in [3.8, 4) is 0 Å². The molecule has 5 heteroatoms. The number of nitrogens with zero attached hydrogens (tertiary/aromatic N) is 1. The molecule has 1 saturated heterocycles. The summed E-state index contributed by atoms with van der Waals surface area (Å²) in [4.78, 5) is 24.5. The first-order valence-corrected chi connectivity index (χ1v) is 5.96. The molecule has 1 amide bonds. The van der Waals surface area contributed by atoms with Crippen LogP contribution in [0.2, 0.25) is 0 Å². The highest BCUT2D eigenvalue weighted by molar-refractivity contribution is 5.80. The van der Waals surface area contributed by atoms with Crippen molar-refractivity contribution < 1.29 is 19.4 Å². The van der Waals surface area contributed by atoms with Crippen molar-refractivity contribution in [3.63, 3.8) is 0 Å². The molecular weight excluding hydrogens is 222 g/mol. The SMILES string of the molecule is C[C@@H]1CCC[C@@H](C(=O)O)N1C(=O)OC(C)(C)C. The standard InChI is InChI=1S/C12H21NO4/c1-8-6-5-7-9(10(14)15)13(8)11(16)17-12(2,3)4/h8-9H,5-7H2,1-4H3,(H,14,15)/t8-,9+/m1/s1. The van der Waals surface area contributed by atoms with E-state index in [1.807, 2.05) is 6.92 Å². The van der Waals surface area contributed by atoms with Gasteiger partial charge in [0.05, 0.1) is 0 Å². The van der Waals surface area contributed by atoms with Gasteiger partial charge in [0.25, 0.3) is 0 Å². The molecule has 0 aromatic heterocycles. The maximum absolute atomic E-state index is 12.0. The van der Waals surface area contributed by atoms with Gasteiger partial charge in [-0.1, -0.05) is 0 Å². The first kappa shape index (κ1) is 13.8. The average molecular weight is 243 g/mol. The summed E-state index contributed by atoms with van der Waals surface area (Å²) < 4.78 is 5.25. The normalized spacial score (nSPS) is 25.5. The third-order valence-corrected chi connectivity index (χ3v) is 2.80. The van der Waals surface area contributed by atoms with E-state index < -0.39 is 23.7 Å². The van der Waals surface area contributed by atoms with Crippen LogP contribution in [0.25, 0.3) is 0 Å². The van der Waals surface area contributed by atoms with Crippen molar-refractivity contribution in [2.45, 2.75) is 64.6 Å². The zero-order valence-electron chi connectivity index (χ0n) is 10.9. The van der Waals surface area contributed by atoms with Crippen molar-refractivity contribution in [2.24, 2.45) is 0 Å². The Kier molecular flexibility index (Phi) is 4.01. The summed E-state index contributed by atoms with van der Waals surface area (Å²) in [5.74, 6) is -0.956. The first-order chi connectivity index (χ1) is 7.72. The van der Waals surface area contributed by atoms with Gasteiger partial charge in [-0.25, -0.2) is 9.59 Å². The van der Waals surface area contributed by atoms with Gasteiger partial charge < -0.3 is 9.84 Å². The fourth-order valence-electron chi connectivity index (χ4n) is 2.06. The van der Waals surface area contributed by atoms with Crippen LogP contribution in [-0.4, -0.2) is 39.8 Å². The number of hydrogen-bond acceptors (Lipinski definition) is 3. The molecule has 5 nitrogen and oxygen atoms in total. The van der Waals surface area contributed by atoms with E-state index in [2.05, 4.69) is 0 Å². The minimum atomic E-state index is -0.956. The second kappa shape index (κ2) is 4.94. The Morgan fingerprint density at radius 1 is 1.29 bits per heavy atom. The van der Waals surface area contributed by atoms with Gasteiger partial charge in [-0.2, -0.15) is 0 Å². The summed E-state index contributed by atoms with van der Waals surface area (Å²) in [6.45, 7) is 7.18. The molecule has 1 aliphatic rings. The van der Waals surface area contributed by atoms with Crippen molar-refractivity contribution in [2.75, 3.05) is 0 Å². The molecular formula is C12H21NO4. The molecule has 1 heterocycles. The molecule has 0 radical (unpaired) electrons. The lowest BCUT2D eigenvalue weighted by Crippen LogP contribution is -2.53. The van der Waals surface area contributed by atoms with E-state index in [0.717, 1.165) is 12.8 Å². The Bertz CT molecular complexity index is 308. The Labute approximate surface area is 102 Å². The third kappa shape index (κ3) is 3.61. The molecule has 1 fully saturated rings. The molecule has 98 valence electrons. The van der Waals surface area contributed by atoms with Crippen molar-refractivity contribution in [1.82, 2.24) is 4.90 Å². The molecule has 17 heavy (non-hydrogen) atoms. The van der Waals surface area contributed by atoms with E-state index >= 15 is 0 Å². The summed E-state index contributed by atoms with van der Waals surface area (Å²) in [5.41, 5.74) is -0.600. The number of aliphatic carboxylic acids is 1. The summed E-state index contributed by atoms with van der Waals surface area (Å²) >= 11 is 0. The molecule has 0 unspecified atom stereocenters. The number of carboxylic acid groups (broad SMARTS) is 1. The quantitative estimate of drug-likeness (QED) is 0.767. The van der Waals surface area contributed by atoms with Gasteiger partial charge in [-0.05, 0) is 47.0 Å². The zero-order chi connectivity index (χ0) is 13.2. The number of piperidine rings is 1. The molecule has 1 N–H and O–H groups in total. The molecule has 2 atom stereocenters. The van der Waals surface area contributed by atoms with Crippen LogP contribution < -0.4 is 0 Å². The van der Waals surface area contributed by atoms with Gasteiger partial charge in [0, 0.05) is 6.04 Å². The third-order valence-electron chi connectivity index (χ3n) is 2.80. The summed E-state index contributed by atoms with van der Waals surface area (Å²) in [5, 5.41) is 9.12. The number of hydrogen-bond donors (Lipinski definition) is 1. The van der Waals surface area contributed by atoms with Crippen LogP contribution in [0.5, 0.6) is 0 Å². The Morgan fingerprint density at radius 3 is 2.35 bits per heavy atom. The average Bonchev–Trinajstić information content (AvgIpc) is 2.13. The number of ether oxygens (including phenoxy) is 1. The van der Waals surface area contributed by atoms with Crippen LogP contribution in [0.4, 0.5) is 4.79 Å². The van der Waals surface area contributed by atoms with E-state index in [1.165, 1.54) is 4.90 Å². The van der Waals surface area contributed by atoms with Crippen LogP contribution in [0.1, 0.15) is 47.0 Å². The van der Waals surface area contributed by atoms with Crippen LogP contribution in [-0.2, 0) is 9.53 Å². The summed E-state index contributed by atoms with van der Waals surface area (Å²) in [6.07, 6.45) is 1.62. The van der Waals surface area contributed by atoms with Crippen molar-refractivity contribution in [3.05, 3.63) is 0 Å².